The van der Waals surface area contributed by atoms with Crippen LogP contribution in [0.25, 0.3) is 0 Å². The van der Waals surface area contributed by atoms with Crippen molar-refractivity contribution in [2.75, 3.05) is 25.9 Å². The summed E-state index contributed by atoms with van der Waals surface area (Å²) in [6, 6.07) is 0.223. The van der Waals surface area contributed by atoms with Crippen LogP contribution in [0.2, 0.25) is 0 Å². The molecule has 1 atom stereocenters. The molecule has 0 bridgehead atoms. The van der Waals surface area contributed by atoms with E-state index in [0.29, 0.717) is 5.13 Å². The fourth-order valence-corrected chi connectivity index (χ4v) is 3.17. The molecule has 2 aromatic heterocycles. The molecule has 0 saturated carbocycles. The Balaban J connectivity index is 1.61. The van der Waals surface area contributed by atoms with Gasteiger partial charge in [-0.15, -0.1) is 16.4 Å². The van der Waals surface area contributed by atoms with Gasteiger partial charge in [-0.05, 0) is 6.42 Å². The molecule has 9 heteroatoms. The van der Waals surface area contributed by atoms with Crippen LogP contribution in [0.3, 0.4) is 0 Å². The summed E-state index contributed by atoms with van der Waals surface area (Å²) in [5, 5.41) is 8.46. The molecule has 1 fully saturated rings. The molecule has 0 amide bonds. The van der Waals surface area contributed by atoms with E-state index >= 15 is 0 Å². The normalized spacial score (nSPS) is 19.0. The zero-order valence-electron chi connectivity index (χ0n) is 11.6. The maximum absolute atomic E-state index is 11.4. The van der Waals surface area contributed by atoms with Crippen molar-refractivity contribution in [1.82, 2.24) is 24.9 Å². The van der Waals surface area contributed by atoms with Crippen molar-refractivity contribution < 1.29 is 9.53 Å². The van der Waals surface area contributed by atoms with Crippen LogP contribution in [0.15, 0.2) is 12.4 Å². The molecule has 1 aliphatic rings. The maximum Gasteiger partial charge on any atom is 0.360 e. The first kappa shape index (κ1) is 14.0. The molecule has 2 aromatic rings. The van der Waals surface area contributed by atoms with E-state index in [2.05, 4.69) is 24.9 Å². The number of hydrogen-bond acceptors (Lipinski definition) is 8. The highest BCUT2D eigenvalue weighted by molar-refractivity contribution is 7.15. The van der Waals surface area contributed by atoms with E-state index in [0.717, 1.165) is 30.9 Å². The van der Waals surface area contributed by atoms with Gasteiger partial charge in [-0.2, -0.15) is 0 Å². The molecule has 1 unspecified atom stereocenters. The van der Waals surface area contributed by atoms with Gasteiger partial charge in [0.05, 0.1) is 19.3 Å². The van der Waals surface area contributed by atoms with Crippen molar-refractivity contribution in [2.24, 2.45) is 0 Å². The zero-order valence-corrected chi connectivity index (χ0v) is 12.4. The quantitative estimate of drug-likeness (QED) is 0.823. The van der Waals surface area contributed by atoms with E-state index in [1.54, 1.807) is 10.9 Å². The number of nitrogen functional groups attached to an aromatic ring is 1. The molecule has 0 aliphatic carbocycles. The molecular weight excluding hydrogens is 292 g/mol. The number of carbonyl (C=O) groups excluding carboxylic acids is 1. The first-order valence-electron chi connectivity index (χ1n) is 6.58. The molecule has 2 N–H and O–H groups in total. The Hall–Kier alpha value is -2.00. The van der Waals surface area contributed by atoms with Gasteiger partial charge in [0.25, 0.3) is 0 Å². The van der Waals surface area contributed by atoms with E-state index in [1.165, 1.54) is 18.4 Å². The van der Waals surface area contributed by atoms with Gasteiger partial charge in [-0.3, -0.25) is 4.90 Å². The lowest BCUT2D eigenvalue weighted by Gasteiger charge is -2.14. The second-order valence-electron chi connectivity index (χ2n) is 4.92. The van der Waals surface area contributed by atoms with Crippen molar-refractivity contribution in [3.63, 3.8) is 0 Å². The summed E-state index contributed by atoms with van der Waals surface area (Å²) in [4.78, 5) is 18.9. The number of hydrogen-bond donors (Lipinski definition) is 1. The third-order valence-corrected chi connectivity index (χ3v) is 4.29. The van der Waals surface area contributed by atoms with Gasteiger partial charge in [-0.25, -0.2) is 14.5 Å². The predicted octanol–water partition coefficient (Wildman–Crippen LogP) is 0.550. The number of aromatic nitrogens is 4. The average molecular weight is 308 g/mol. The van der Waals surface area contributed by atoms with Crippen molar-refractivity contribution in [3.05, 3.63) is 23.0 Å². The van der Waals surface area contributed by atoms with Crippen molar-refractivity contribution in [1.29, 1.82) is 0 Å². The van der Waals surface area contributed by atoms with Crippen LogP contribution in [0.5, 0.6) is 0 Å². The summed E-state index contributed by atoms with van der Waals surface area (Å²) in [5.74, 6) is -0.462. The Kier molecular flexibility index (Phi) is 3.84. The molecule has 112 valence electrons. The number of rotatable bonds is 4. The minimum atomic E-state index is -0.462. The van der Waals surface area contributed by atoms with Gasteiger partial charge in [0.1, 0.15) is 0 Å². The Morgan fingerprint density at radius 3 is 3.19 bits per heavy atom. The van der Waals surface area contributed by atoms with Crippen LogP contribution in [0.4, 0.5) is 5.13 Å². The Morgan fingerprint density at radius 2 is 2.48 bits per heavy atom. The number of thiazole rings is 1. The highest BCUT2D eigenvalue weighted by atomic mass is 32.1. The number of ether oxygens (including phenoxy) is 1. The number of methoxy groups -OCH3 is 1. The first-order valence-corrected chi connectivity index (χ1v) is 7.40. The summed E-state index contributed by atoms with van der Waals surface area (Å²) in [5.41, 5.74) is 5.88. The molecule has 0 radical (unpaired) electrons. The summed E-state index contributed by atoms with van der Waals surface area (Å²) in [6.07, 6.45) is 4.43. The summed E-state index contributed by atoms with van der Waals surface area (Å²) < 4.78 is 6.38. The highest BCUT2D eigenvalue weighted by Crippen LogP contribution is 2.24. The molecule has 0 spiro atoms. The Bertz CT molecular complexity index is 639. The highest BCUT2D eigenvalue weighted by Gasteiger charge is 2.26. The summed E-state index contributed by atoms with van der Waals surface area (Å²) >= 11 is 1.51. The van der Waals surface area contributed by atoms with Gasteiger partial charge in [0.15, 0.2) is 10.8 Å². The zero-order chi connectivity index (χ0) is 14.8. The first-order chi connectivity index (χ1) is 10.2. The van der Waals surface area contributed by atoms with E-state index in [4.69, 9.17) is 5.73 Å². The molecule has 1 saturated heterocycles. The number of nitrogens with zero attached hydrogens (tertiary/aromatic N) is 5. The van der Waals surface area contributed by atoms with Crippen molar-refractivity contribution >= 4 is 22.4 Å². The second-order valence-corrected chi connectivity index (χ2v) is 6.06. The fraction of sp³-hybridized carbons (Fsp3) is 0.500. The lowest BCUT2D eigenvalue weighted by molar-refractivity contribution is 0.0594. The van der Waals surface area contributed by atoms with Gasteiger partial charge in [0.2, 0.25) is 0 Å². The van der Waals surface area contributed by atoms with Gasteiger partial charge in [-0.1, -0.05) is 5.21 Å². The fourth-order valence-electron chi connectivity index (χ4n) is 2.44. The molecule has 8 nitrogen and oxygen atoms in total. The number of esters is 1. The van der Waals surface area contributed by atoms with E-state index in [-0.39, 0.29) is 11.7 Å². The number of nitrogens with two attached hydrogens (primary N) is 1. The molecule has 3 rings (SSSR count). The van der Waals surface area contributed by atoms with Crippen molar-refractivity contribution in [3.8, 4) is 0 Å². The largest absolute Gasteiger partial charge is 0.464 e. The van der Waals surface area contributed by atoms with Gasteiger partial charge in [0, 0.05) is 30.7 Å². The molecule has 21 heavy (non-hydrogen) atoms. The van der Waals surface area contributed by atoms with Crippen molar-refractivity contribution in [2.45, 2.75) is 19.0 Å². The second kappa shape index (κ2) is 5.78. The van der Waals surface area contributed by atoms with Crippen LogP contribution >= 0.6 is 11.3 Å². The topological polar surface area (TPSA) is 99.2 Å². The van der Waals surface area contributed by atoms with E-state index < -0.39 is 5.97 Å². The van der Waals surface area contributed by atoms with Gasteiger partial charge < -0.3 is 10.5 Å². The predicted molar refractivity (Wildman–Crippen MR) is 76.8 cm³/mol. The lowest BCUT2D eigenvalue weighted by atomic mass is 10.3. The standard InChI is InChI=1S/C12H16N6O2S/c1-20-11(19)10-7-18(16-15-10)8-2-3-17(5-8)6-9-4-14-12(13)21-9/h4,7-8H,2-3,5-6H2,1H3,(H2,13,14). The minimum absolute atomic E-state index is 0.223. The molecular formula is C12H16N6O2S. The lowest BCUT2D eigenvalue weighted by Crippen LogP contribution is -2.21. The Labute approximate surface area is 125 Å². The monoisotopic (exact) mass is 308 g/mol. The Morgan fingerprint density at radius 1 is 1.62 bits per heavy atom. The van der Waals surface area contributed by atoms with Crippen LogP contribution in [0, 0.1) is 0 Å². The number of carbonyl (C=O) groups is 1. The summed E-state index contributed by atoms with van der Waals surface area (Å²) in [7, 11) is 1.33. The smallest absolute Gasteiger partial charge is 0.360 e. The van der Waals surface area contributed by atoms with Crippen LogP contribution < -0.4 is 5.73 Å². The van der Waals surface area contributed by atoms with E-state index in [1.807, 2.05) is 6.20 Å². The van der Waals surface area contributed by atoms with Crippen LogP contribution in [-0.4, -0.2) is 51.0 Å². The van der Waals surface area contributed by atoms with Gasteiger partial charge >= 0.3 is 5.97 Å². The van der Waals surface area contributed by atoms with E-state index in [9.17, 15) is 4.79 Å². The average Bonchev–Trinajstić information content (AvgIpc) is 3.19. The third kappa shape index (κ3) is 3.03. The third-order valence-electron chi connectivity index (χ3n) is 3.48. The number of likely N-dealkylation sites (tertiary alicyclic amines) is 1. The maximum atomic E-state index is 11.4. The molecule has 1 aliphatic heterocycles. The van der Waals surface area contributed by atoms with Crippen LogP contribution in [-0.2, 0) is 11.3 Å². The molecule has 3 heterocycles. The number of anilines is 1. The summed E-state index contributed by atoms with van der Waals surface area (Å²) in [6.45, 7) is 2.67. The minimum Gasteiger partial charge on any atom is -0.464 e. The molecule has 0 aromatic carbocycles. The SMILES string of the molecule is COC(=O)c1cn(C2CCN(Cc3cnc(N)s3)C2)nn1. The van der Waals surface area contributed by atoms with Crippen LogP contribution in [0.1, 0.15) is 27.8 Å².